The van der Waals surface area contributed by atoms with E-state index in [1.165, 1.54) is 16.7 Å². The van der Waals surface area contributed by atoms with Crippen molar-refractivity contribution >= 4 is 11.3 Å². The first-order valence-corrected chi connectivity index (χ1v) is 8.02. The summed E-state index contributed by atoms with van der Waals surface area (Å²) in [5.74, 6) is 5.72. The van der Waals surface area contributed by atoms with Crippen molar-refractivity contribution in [3.05, 3.63) is 57.8 Å². The molecule has 0 aliphatic rings. The molecule has 0 aliphatic heterocycles. The Labute approximate surface area is 126 Å². The van der Waals surface area contributed by atoms with Gasteiger partial charge in [-0.1, -0.05) is 45.0 Å². The predicted octanol–water partition coefficient (Wildman–Crippen LogP) is 4.18. The number of hydrogen-bond acceptors (Lipinski definition) is 3. The van der Waals surface area contributed by atoms with Crippen LogP contribution < -0.4 is 11.3 Å². The van der Waals surface area contributed by atoms with E-state index in [2.05, 4.69) is 67.3 Å². The molecular formula is C17H24N2S. The summed E-state index contributed by atoms with van der Waals surface area (Å²) in [6.45, 7) is 6.70. The molecule has 0 spiro atoms. The van der Waals surface area contributed by atoms with Crippen LogP contribution in [0.4, 0.5) is 0 Å². The second-order valence-electron chi connectivity index (χ2n) is 6.26. The van der Waals surface area contributed by atoms with Crippen molar-refractivity contribution in [3.63, 3.8) is 0 Å². The Morgan fingerprint density at radius 2 is 1.85 bits per heavy atom. The summed E-state index contributed by atoms with van der Waals surface area (Å²) in [5, 5.41) is 4.33. The van der Waals surface area contributed by atoms with E-state index < -0.39 is 0 Å². The van der Waals surface area contributed by atoms with Crippen LogP contribution in [0, 0.1) is 0 Å². The molecule has 0 saturated carbocycles. The fourth-order valence-corrected chi connectivity index (χ4v) is 3.01. The minimum absolute atomic E-state index is 0.195. The SMILES string of the molecule is CC(C)(C)c1ccc(C(CCc2ccsc2)NN)cc1. The topological polar surface area (TPSA) is 38.0 Å². The summed E-state index contributed by atoms with van der Waals surface area (Å²) in [6.07, 6.45) is 2.07. The van der Waals surface area contributed by atoms with Crippen molar-refractivity contribution < 1.29 is 0 Å². The predicted molar refractivity (Wildman–Crippen MR) is 87.8 cm³/mol. The summed E-state index contributed by atoms with van der Waals surface area (Å²) in [7, 11) is 0. The molecule has 2 rings (SSSR count). The van der Waals surface area contributed by atoms with E-state index in [1.54, 1.807) is 11.3 Å². The van der Waals surface area contributed by atoms with Gasteiger partial charge in [0, 0.05) is 6.04 Å². The van der Waals surface area contributed by atoms with Crippen LogP contribution in [0.2, 0.25) is 0 Å². The monoisotopic (exact) mass is 288 g/mol. The number of nitrogens with two attached hydrogens (primary N) is 1. The standard InChI is InChI=1S/C17H24N2S/c1-17(2,3)15-7-5-14(6-8-15)16(19-18)9-4-13-10-11-20-12-13/h5-8,10-12,16,19H,4,9,18H2,1-3H3. The van der Waals surface area contributed by atoms with Crippen molar-refractivity contribution in [1.82, 2.24) is 5.43 Å². The molecule has 1 aromatic heterocycles. The maximum absolute atomic E-state index is 5.72. The third-order valence-electron chi connectivity index (χ3n) is 3.68. The third kappa shape index (κ3) is 3.92. The van der Waals surface area contributed by atoms with Crippen molar-refractivity contribution in [2.24, 2.45) is 5.84 Å². The fourth-order valence-electron chi connectivity index (χ4n) is 2.31. The molecule has 0 fully saturated rings. The largest absolute Gasteiger partial charge is 0.271 e. The van der Waals surface area contributed by atoms with Crippen molar-refractivity contribution in [2.75, 3.05) is 0 Å². The Morgan fingerprint density at radius 3 is 2.35 bits per heavy atom. The van der Waals surface area contributed by atoms with Crippen LogP contribution in [0.25, 0.3) is 0 Å². The fraction of sp³-hybridized carbons (Fsp3) is 0.412. The number of benzene rings is 1. The average molecular weight is 288 g/mol. The van der Waals surface area contributed by atoms with E-state index >= 15 is 0 Å². The quantitative estimate of drug-likeness (QED) is 0.640. The summed E-state index contributed by atoms with van der Waals surface area (Å²) in [6, 6.07) is 11.2. The van der Waals surface area contributed by atoms with Crippen LogP contribution in [0.5, 0.6) is 0 Å². The van der Waals surface area contributed by atoms with Crippen LogP contribution in [0.3, 0.4) is 0 Å². The molecule has 2 nitrogen and oxygen atoms in total. The molecule has 0 radical (unpaired) electrons. The molecule has 1 atom stereocenters. The van der Waals surface area contributed by atoms with E-state index in [-0.39, 0.29) is 11.5 Å². The van der Waals surface area contributed by atoms with Gasteiger partial charge in [-0.2, -0.15) is 11.3 Å². The van der Waals surface area contributed by atoms with Gasteiger partial charge in [-0.05, 0) is 51.8 Å². The third-order valence-corrected chi connectivity index (χ3v) is 4.41. The summed E-state index contributed by atoms with van der Waals surface area (Å²) in [5.41, 5.74) is 7.14. The highest BCUT2D eigenvalue weighted by atomic mass is 32.1. The van der Waals surface area contributed by atoms with Gasteiger partial charge in [0.25, 0.3) is 0 Å². The van der Waals surface area contributed by atoms with E-state index in [0.29, 0.717) is 0 Å². The molecule has 3 N–H and O–H groups in total. The van der Waals surface area contributed by atoms with Gasteiger partial charge in [0.1, 0.15) is 0 Å². The van der Waals surface area contributed by atoms with Gasteiger partial charge in [-0.3, -0.25) is 11.3 Å². The number of thiophene rings is 1. The maximum atomic E-state index is 5.72. The van der Waals surface area contributed by atoms with Gasteiger partial charge in [-0.25, -0.2) is 0 Å². The number of nitrogens with one attached hydrogen (secondary N) is 1. The lowest BCUT2D eigenvalue weighted by Crippen LogP contribution is -2.28. The van der Waals surface area contributed by atoms with E-state index in [1.807, 2.05) is 0 Å². The Morgan fingerprint density at radius 1 is 1.15 bits per heavy atom. The highest BCUT2D eigenvalue weighted by Gasteiger charge is 2.15. The molecule has 1 aromatic carbocycles. The molecule has 2 aromatic rings. The van der Waals surface area contributed by atoms with E-state index in [9.17, 15) is 0 Å². The van der Waals surface area contributed by atoms with E-state index in [0.717, 1.165) is 12.8 Å². The number of hydrazine groups is 1. The molecule has 108 valence electrons. The van der Waals surface area contributed by atoms with Gasteiger partial charge in [-0.15, -0.1) is 0 Å². The lowest BCUT2D eigenvalue weighted by Gasteiger charge is -2.21. The zero-order valence-corrected chi connectivity index (χ0v) is 13.3. The van der Waals surface area contributed by atoms with Crippen LogP contribution in [-0.4, -0.2) is 0 Å². The molecule has 20 heavy (non-hydrogen) atoms. The minimum atomic E-state index is 0.195. The Balaban J connectivity index is 2.04. The Hall–Kier alpha value is -1.16. The first-order chi connectivity index (χ1) is 9.50. The molecular weight excluding hydrogens is 264 g/mol. The van der Waals surface area contributed by atoms with Crippen LogP contribution in [-0.2, 0) is 11.8 Å². The first kappa shape index (κ1) is 15.2. The smallest absolute Gasteiger partial charge is 0.0463 e. The Kier molecular flexibility index (Phi) is 4.97. The molecule has 3 heteroatoms. The van der Waals surface area contributed by atoms with Crippen LogP contribution in [0.15, 0.2) is 41.1 Å². The molecule has 0 saturated heterocycles. The first-order valence-electron chi connectivity index (χ1n) is 7.08. The Bertz CT molecular complexity index is 509. The van der Waals surface area contributed by atoms with Crippen molar-refractivity contribution in [2.45, 2.75) is 45.1 Å². The zero-order valence-electron chi connectivity index (χ0n) is 12.5. The normalized spacial score (nSPS) is 13.4. The maximum Gasteiger partial charge on any atom is 0.0463 e. The number of aryl methyl sites for hydroxylation is 1. The van der Waals surface area contributed by atoms with Gasteiger partial charge in [0.15, 0.2) is 0 Å². The average Bonchev–Trinajstić information content (AvgIpc) is 2.92. The molecule has 1 heterocycles. The summed E-state index contributed by atoms with van der Waals surface area (Å²) < 4.78 is 0. The van der Waals surface area contributed by atoms with Crippen LogP contribution in [0.1, 0.15) is 49.9 Å². The van der Waals surface area contributed by atoms with Crippen molar-refractivity contribution in [3.8, 4) is 0 Å². The van der Waals surface area contributed by atoms with Gasteiger partial charge in [0.05, 0.1) is 0 Å². The summed E-state index contributed by atoms with van der Waals surface area (Å²) >= 11 is 1.75. The minimum Gasteiger partial charge on any atom is -0.271 e. The second kappa shape index (κ2) is 6.53. The highest BCUT2D eigenvalue weighted by molar-refractivity contribution is 7.07. The molecule has 0 aliphatic carbocycles. The second-order valence-corrected chi connectivity index (χ2v) is 7.04. The van der Waals surface area contributed by atoms with Gasteiger partial charge in [0.2, 0.25) is 0 Å². The van der Waals surface area contributed by atoms with Gasteiger partial charge < -0.3 is 0 Å². The molecule has 1 unspecified atom stereocenters. The van der Waals surface area contributed by atoms with Crippen LogP contribution >= 0.6 is 11.3 Å². The van der Waals surface area contributed by atoms with Gasteiger partial charge >= 0.3 is 0 Å². The zero-order chi connectivity index (χ0) is 14.6. The lowest BCUT2D eigenvalue weighted by atomic mass is 9.86. The molecule has 0 bridgehead atoms. The molecule has 0 amide bonds. The lowest BCUT2D eigenvalue weighted by molar-refractivity contribution is 0.515. The highest BCUT2D eigenvalue weighted by Crippen LogP contribution is 2.25. The number of rotatable bonds is 5. The van der Waals surface area contributed by atoms with Crippen molar-refractivity contribution in [1.29, 1.82) is 0 Å². The summed E-state index contributed by atoms with van der Waals surface area (Å²) in [4.78, 5) is 0. The number of hydrogen-bond donors (Lipinski definition) is 2. The van der Waals surface area contributed by atoms with E-state index in [4.69, 9.17) is 5.84 Å².